The highest BCUT2D eigenvalue weighted by atomic mass is 16.5. The molecule has 3 N–H and O–H groups in total. The predicted molar refractivity (Wildman–Crippen MR) is 93.5 cm³/mol. The number of likely N-dealkylation sites (tertiary alicyclic amines) is 1. The number of hydrogen-bond acceptors (Lipinski definition) is 5. The Bertz CT molecular complexity index is 627. The molecule has 1 saturated heterocycles. The molecule has 2 aliphatic rings. The fourth-order valence-corrected chi connectivity index (χ4v) is 3.28. The second-order valence-corrected chi connectivity index (χ2v) is 6.65. The standard InChI is InChI=1S/C18H25N3O4/c22-15(11-21-7-3-1-2-4-8-21)10-19-18(24)20-14-5-6-16-13(9-14)12-25-17(16)23/h5-6,9,15,22H,1-4,7-8,10-12H2,(H2,19,20,24)/t15-/m0/s1. The number of nitrogens with zero attached hydrogens (tertiary/aromatic N) is 1. The van der Waals surface area contributed by atoms with Gasteiger partial charge in [0.25, 0.3) is 0 Å². The number of hydrogen-bond donors (Lipinski definition) is 3. The first kappa shape index (κ1) is 17.7. The van der Waals surface area contributed by atoms with Crippen LogP contribution in [0.2, 0.25) is 0 Å². The van der Waals surface area contributed by atoms with E-state index in [9.17, 15) is 14.7 Å². The molecule has 7 nitrogen and oxygen atoms in total. The predicted octanol–water partition coefficient (Wildman–Crippen LogP) is 1.72. The number of β-amino-alcohol motifs (C(OH)–C–C–N with tert-alkyl or cyclic N) is 1. The van der Waals surface area contributed by atoms with Crippen molar-refractivity contribution in [3.63, 3.8) is 0 Å². The Hall–Kier alpha value is -2.12. The van der Waals surface area contributed by atoms with Gasteiger partial charge in [-0.15, -0.1) is 0 Å². The molecule has 1 fully saturated rings. The summed E-state index contributed by atoms with van der Waals surface area (Å²) in [7, 11) is 0. The number of benzene rings is 1. The van der Waals surface area contributed by atoms with Gasteiger partial charge in [-0.25, -0.2) is 9.59 Å². The quantitative estimate of drug-likeness (QED) is 0.706. The van der Waals surface area contributed by atoms with Gasteiger partial charge in [0.1, 0.15) is 6.61 Å². The van der Waals surface area contributed by atoms with Crippen LogP contribution in [0.15, 0.2) is 18.2 Å². The number of rotatable bonds is 5. The van der Waals surface area contributed by atoms with E-state index < -0.39 is 6.10 Å². The highest BCUT2D eigenvalue weighted by Crippen LogP contribution is 2.23. The number of fused-ring (bicyclic) bond motifs is 1. The molecule has 0 aromatic heterocycles. The van der Waals surface area contributed by atoms with E-state index in [0.29, 0.717) is 17.8 Å². The topological polar surface area (TPSA) is 90.9 Å². The molecule has 7 heteroatoms. The van der Waals surface area contributed by atoms with Crippen LogP contribution in [0.25, 0.3) is 0 Å². The van der Waals surface area contributed by atoms with E-state index in [1.807, 2.05) is 0 Å². The van der Waals surface area contributed by atoms with Crippen molar-refractivity contribution in [2.75, 3.05) is 31.5 Å². The number of esters is 1. The van der Waals surface area contributed by atoms with Crippen LogP contribution in [0.3, 0.4) is 0 Å². The Morgan fingerprint density at radius 1 is 1.24 bits per heavy atom. The summed E-state index contributed by atoms with van der Waals surface area (Å²) >= 11 is 0. The zero-order chi connectivity index (χ0) is 17.6. The molecule has 0 radical (unpaired) electrons. The van der Waals surface area contributed by atoms with Crippen molar-refractivity contribution >= 4 is 17.7 Å². The number of anilines is 1. The Morgan fingerprint density at radius 2 is 2.00 bits per heavy atom. The van der Waals surface area contributed by atoms with Gasteiger partial charge in [-0.2, -0.15) is 0 Å². The van der Waals surface area contributed by atoms with Crippen LogP contribution in [-0.4, -0.2) is 54.3 Å². The minimum atomic E-state index is -0.588. The summed E-state index contributed by atoms with van der Waals surface area (Å²) < 4.78 is 4.94. The molecule has 1 aromatic rings. The summed E-state index contributed by atoms with van der Waals surface area (Å²) in [6.07, 6.45) is 4.26. The minimum Gasteiger partial charge on any atom is -0.457 e. The van der Waals surface area contributed by atoms with E-state index in [1.165, 1.54) is 25.7 Å². The number of ether oxygens (including phenoxy) is 1. The molecular weight excluding hydrogens is 322 g/mol. The Balaban J connectivity index is 1.42. The van der Waals surface area contributed by atoms with Crippen molar-refractivity contribution in [3.8, 4) is 0 Å². The summed E-state index contributed by atoms with van der Waals surface area (Å²) in [5, 5.41) is 15.5. The monoisotopic (exact) mass is 347 g/mol. The lowest BCUT2D eigenvalue weighted by molar-refractivity contribution is 0.0535. The number of nitrogens with one attached hydrogen (secondary N) is 2. The number of carbonyl (C=O) groups is 2. The zero-order valence-corrected chi connectivity index (χ0v) is 14.3. The molecule has 2 aliphatic heterocycles. The third-order valence-electron chi connectivity index (χ3n) is 4.61. The molecule has 0 saturated carbocycles. The molecule has 136 valence electrons. The first-order valence-corrected chi connectivity index (χ1v) is 8.87. The normalized spacial score (nSPS) is 18.8. The first-order chi connectivity index (χ1) is 12.1. The average Bonchev–Trinajstić information content (AvgIpc) is 2.80. The summed E-state index contributed by atoms with van der Waals surface area (Å²) in [6, 6.07) is 4.67. The molecule has 1 atom stereocenters. The number of aliphatic hydroxyl groups is 1. The fraction of sp³-hybridized carbons (Fsp3) is 0.556. The smallest absolute Gasteiger partial charge is 0.338 e. The van der Waals surface area contributed by atoms with Gasteiger partial charge < -0.3 is 25.4 Å². The average molecular weight is 347 g/mol. The van der Waals surface area contributed by atoms with Crippen molar-refractivity contribution in [2.45, 2.75) is 38.4 Å². The molecule has 0 unspecified atom stereocenters. The highest BCUT2D eigenvalue weighted by molar-refractivity contribution is 5.95. The van der Waals surface area contributed by atoms with E-state index in [4.69, 9.17) is 4.74 Å². The van der Waals surface area contributed by atoms with Gasteiger partial charge in [0, 0.05) is 24.3 Å². The maximum atomic E-state index is 12.0. The lowest BCUT2D eigenvalue weighted by atomic mass is 10.1. The first-order valence-electron chi connectivity index (χ1n) is 8.87. The molecule has 3 rings (SSSR count). The Kier molecular flexibility index (Phi) is 5.88. The van der Waals surface area contributed by atoms with E-state index in [1.54, 1.807) is 18.2 Å². The fourth-order valence-electron chi connectivity index (χ4n) is 3.28. The number of carbonyl (C=O) groups excluding carboxylic acids is 2. The lowest BCUT2D eigenvalue weighted by Crippen LogP contribution is -2.41. The van der Waals surface area contributed by atoms with Gasteiger partial charge in [0.05, 0.1) is 11.7 Å². The summed E-state index contributed by atoms with van der Waals surface area (Å²) in [5.41, 5.74) is 1.90. The third kappa shape index (κ3) is 4.93. The van der Waals surface area contributed by atoms with Gasteiger partial charge in [-0.3, -0.25) is 0 Å². The second kappa shape index (κ2) is 8.31. The number of aliphatic hydroxyl groups excluding tert-OH is 1. The molecular formula is C18H25N3O4. The molecule has 1 aromatic carbocycles. The second-order valence-electron chi connectivity index (χ2n) is 6.65. The van der Waals surface area contributed by atoms with Crippen LogP contribution in [0.5, 0.6) is 0 Å². The van der Waals surface area contributed by atoms with Crippen molar-refractivity contribution in [2.24, 2.45) is 0 Å². The molecule has 25 heavy (non-hydrogen) atoms. The van der Waals surface area contributed by atoms with Gasteiger partial charge in [0.2, 0.25) is 0 Å². The highest BCUT2D eigenvalue weighted by Gasteiger charge is 2.21. The van der Waals surface area contributed by atoms with Crippen LogP contribution in [0.4, 0.5) is 10.5 Å². The maximum absolute atomic E-state index is 12.0. The maximum Gasteiger partial charge on any atom is 0.338 e. The number of cyclic esters (lactones) is 1. The van der Waals surface area contributed by atoms with Crippen molar-refractivity contribution in [1.29, 1.82) is 0 Å². The lowest BCUT2D eigenvalue weighted by Gasteiger charge is -2.23. The van der Waals surface area contributed by atoms with E-state index in [2.05, 4.69) is 15.5 Å². The van der Waals surface area contributed by atoms with Crippen LogP contribution in [0, 0.1) is 0 Å². The van der Waals surface area contributed by atoms with E-state index >= 15 is 0 Å². The number of amides is 2. The van der Waals surface area contributed by atoms with Gasteiger partial charge in [-0.1, -0.05) is 12.8 Å². The number of urea groups is 1. The van der Waals surface area contributed by atoms with Crippen LogP contribution < -0.4 is 10.6 Å². The van der Waals surface area contributed by atoms with Gasteiger partial charge >= 0.3 is 12.0 Å². The van der Waals surface area contributed by atoms with E-state index in [0.717, 1.165) is 18.7 Å². The Morgan fingerprint density at radius 3 is 2.76 bits per heavy atom. The van der Waals surface area contributed by atoms with Gasteiger partial charge in [0.15, 0.2) is 0 Å². The summed E-state index contributed by atoms with van der Waals surface area (Å²) in [6.45, 7) is 3.05. The Labute approximate surface area is 147 Å². The van der Waals surface area contributed by atoms with Crippen molar-refractivity contribution in [1.82, 2.24) is 10.2 Å². The molecule has 2 heterocycles. The largest absolute Gasteiger partial charge is 0.457 e. The molecule has 2 amide bonds. The van der Waals surface area contributed by atoms with Crippen LogP contribution in [0.1, 0.15) is 41.6 Å². The minimum absolute atomic E-state index is 0.203. The molecule has 0 spiro atoms. The van der Waals surface area contributed by atoms with Gasteiger partial charge in [-0.05, 0) is 44.1 Å². The van der Waals surface area contributed by atoms with E-state index in [-0.39, 0.29) is 25.2 Å². The summed E-state index contributed by atoms with van der Waals surface area (Å²) in [5.74, 6) is -0.331. The summed E-state index contributed by atoms with van der Waals surface area (Å²) in [4.78, 5) is 25.7. The third-order valence-corrected chi connectivity index (χ3v) is 4.61. The molecule has 0 bridgehead atoms. The van der Waals surface area contributed by atoms with Crippen LogP contribution in [-0.2, 0) is 11.3 Å². The van der Waals surface area contributed by atoms with Crippen LogP contribution >= 0.6 is 0 Å². The molecule has 0 aliphatic carbocycles. The van der Waals surface area contributed by atoms with Crippen molar-refractivity contribution in [3.05, 3.63) is 29.3 Å². The zero-order valence-electron chi connectivity index (χ0n) is 14.3. The SMILES string of the molecule is O=C(NC[C@H](O)CN1CCCCCC1)Nc1ccc2c(c1)COC2=O. The van der Waals surface area contributed by atoms with Crippen molar-refractivity contribution < 1.29 is 19.4 Å².